The number of carbonyl (C=O) groups is 1. The second-order valence-corrected chi connectivity index (χ2v) is 8.39. The average Bonchev–Trinajstić information content (AvgIpc) is 3.18. The maximum Gasteiger partial charge on any atom is 0.255 e. The first-order valence-corrected chi connectivity index (χ1v) is 10.9. The first-order valence-electron chi connectivity index (χ1n) is 10.9. The number of aromatic nitrogens is 1. The molecule has 1 heterocycles. The number of amides is 1. The number of nitrogens with one attached hydrogen (secondary N) is 1. The van der Waals surface area contributed by atoms with Crippen LogP contribution >= 0.6 is 0 Å². The maximum absolute atomic E-state index is 13.0. The smallest absolute Gasteiger partial charge is 0.255 e. The largest absolute Gasteiger partial charge is 0.347 e. The highest BCUT2D eigenvalue weighted by Gasteiger charge is 2.08. The minimum absolute atomic E-state index is 0.208. The topological polar surface area (TPSA) is 37.3 Å². The fourth-order valence-electron chi connectivity index (χ4n) is 3.86. The Morgan fingerprint density at radius 2 is 1.66 bits per heavy atom. The number of aryl methyl sites for hydroxylation is 1. The van der Waals surface area contributed by atoms with Gasteiger partial charge in [0, 0.05) is 29.5 Å². The minimum atomic E-state index is -0.327. The number of fused-ring (bicyclic) bond motifs is 1. The fourth-order valence-corrected chi connectivity index (χ4v) is 3.86. The van der Waals surface area contributed by atoms with Gasteiger partial charge in [-0.05, 0) is 105 Å². The van der Waals surface area contributed by atoms with E-state index in [1.807, 2.05) is 24.3 Å². The summed E-state index contributed by atoms with van der Waals surface area (Å²) in [4.78, 5) is 14.6. The molecule has 0 saturated heterocycles. The molecule has 4 rings (SSSR count). The van der Waals surface area contributed by atoms with Gasteiger partial charge in [0.25, 0.3) is 5.91 Å². The number of hydrogen-bond donors (Lipinski definition) is 1. The van der Waals surface area contributed by atoms with Crippen molar-refractivity contribution in [2.45, 2.75) is 19.4 Å². The molecule has 0 spiro atoms. The number of carbonyl (C=O) groups excluding carboxylic acids is 1. The zero-order valence-corrected chi connectivity index (χ0v) is 18.5. The number of benzene rings is 3. The van der Waals surface area contributed by atoms with Crippen LogP contribution in [0.1, 0.15) is 27.9 Å². The number of rotatable bonds is 8. The summed E-state index contributed by atoms with van der Waals surface area (Å²) in [6, 6.07) is 22.2. The van der Waals surface area contributed by atoms with Gasteiger partial charge in [0.2, 0.25) is 0 Å². The molecule has 4 nitrogen and oxygen atoms in total. The zero-order valence-electron chi connectivity index (χ0n) is 18.5. The van der Waals surface area contributed by atoms with Crippen LogP contribution in [0.15, 0.2) is 79.0 Å². The lowest BCUT2D eigenvalue weighted by molar-refractivity contribution is 0.102. The number of anilines is 1. The molecule has 0 saturated carbocycles. The predicted molar refractivity (Wildman–Crippen MR) is 129 cm³/mol. The first-order chi connectivity index (χ1) is 15.5. The van der Waals surface area contributed by atoms with E-state index in [2.05, 4.69) is 59.3 Å². The molecule has 0 aliphatic carbocycles. The van der Waals surface area contributed by atoms with Gasteiger partial charge in [-0.25, -0.2) is 4.39 Å². The highest BCUT2D eigenvalue weighted by molar-refractivity contribution is 6.04. The van der Waals surface area contributed by atoms with E-state index >= 15 is 0 Å². The van der Waals surface area contributed by atoms with Gasteiger partial charge in [0.15, 0.2) is 0 Å². The van der Waals surface area contributed by atoms with Crippen LogP contribution < -0.4 is 5.32 Å². The Hall–Kier alpha value is -3.44. The van der Waals surface area contributed by atoms with Crippen LogP contribution in [0.4, 0.5) is 10.1 Å². The normalized spacial score (nSPS) is 11.2. The van der Waals surface area contributed by atoms with Gasteiger partial charge in [0.1, 0.15) is 5.82 Å². The number of nitrogens with zero attached hydrogens (tertiary/aromatic N) is 2. The van der Waals surface area contributed by atoms with E-state index in [0.717, 1.165) is 31.5 Å². The molecule has 0 atom stereocenters. The van der Waals surface area contributed by atoms with Crippen LogP contribution in [0, 0.1) is 5.82 Å². The monoisotopic (exact) mass is 429 g/mol. The Kier molecular flexibility index (Phi) is 6.66. The first kappa shape index (κ1) is 21.8. The maximum atomic E-state index is 13.0. The molecule has 0 unspecified atom stereocenters. The second kappa shape index (κ2) is 9.79. The van der Waals surface area contributed by atoms with Crippen LogP contribution in [0.3, 0.4) is 0 Å². The van der Waals surface area contributed by atoms with Crippen molar-refractivity contribution >= 4 is 22.5 Å². The minimum Gasteiger partial charge on any atom is -0.347 e. The zero-order chi connectivity index (χ0) is 22.5. The third-order valence-electron chi connectivity index (χ3n) is 5.57. The van der Waals surface area contributed by atoms with Crippen molar-refractivity contribution in [3.8, 4) is 0 Å². The number of hydrogen-bond acceptors (Lipinski definition) is 2. The predicted octanol–water partition coefficient (Wildman–Crippen LogP) is 5.58. The molecule has 164 valence electrons. The Morgan fingerprint density at radius 3 is 2.38 bits per heavy atom. The molecule has 0 radical (unpaired) electrons. The van der Waals surface area contributed by atoms with Gasteiger partial charge in [-0.2, -0.15) is 0 Å². The lowest BCUT2D eigenvalue weighted by atomic mass is 10.0. The number of halogens is 1. The van der Waals surface area contributed by atoms with Gasteiger partial charge in [-0.15, -0.1) is 0 Å². The van der Waals surface area contributed by atoms with Crippen LogP contribution in [-0.2, 0) is 13.0 Å². The summed E-state index contributed by atoms with van der Waals surface area (Å²) < 4.78 is 15.3. The van der Waals surface area contributed by atoms with E-state index < -0.39 is 0 Å². The van der Waals surface area contributed by atoms with Gasteiger partial charge in [0.05, 0.1) is 0 Å². The third-order valence-corrected chi connectivity index (χ3v) is 5.57. The summed E-state index contributed by atoms with van der Waals surface area (Å²) in [7, 11) is 4.20. The molecule has 4 aromatic rings. The third kappa shape index (κ3) is 5.42. The van der Waals surface area contributed by atoms with Crippen LogP contribution in [0.5, 0.6) is 0 Å². The van der Waals surface area contributed by atoms with Crippen molar-refractivity contribution < 1.29 is 9.18 Å². The van der Waals surface area contributed by atoms with Crippen molar-refractivity contribution in [2.75, 3.05) is 26.0 Å². The highest BCUT2D eigenvalue weighted by Crippen LogP contribution is 2.21. The van der Waals surface area contributed by atoms with Crippen LogP contribution in [0.2, 0.25) is 0 Å². The van der Waals surface area contributed by atoms with Crippen LogP contribution in [0.25, 0.3) is 10.9 Å². The molecule has 3 aromatic carbocycles. The van der Waals surface area contributed by atoms with Gasteiger partial charge < -0.3 is 14.8 Å². The van der Waals surface area contributed by atoms with Crippen molar-refractivity contribution in [1.29, 1.82) is 0 Å². The van der Waals surface area contributed by atoms with E-state index in [1.165, 1.54) is 28.6 Å². The van der Waals surface area contributed by atoms with E-state index in [9.17, 15) is 9.18 Å². The molecule has 1 amide bonds. The fraction of sp³-hybridized carbons (Fsp3) is 0.222. The van der Waals surface area contributed by atoms with E-state index in [0.29, 0.717) is 11.3 Å². The molecule has 0 aliphatic rings. The molecular weight excluding hydrogens is 401 g/mol. The SMILES string of the molecule is CN(C)CCCn1ccc2cc(Cc3ccc(C(=O)Nc4ccc(F)cc4)cc3)ccc21. The van der Waals surface area contributed by atoms with Gasteiger partial charge in [-0.3, -0.25) is 4.79 Å². The molecule has 0 bridgehead atoms. The van der Waals surface area contributed by atoms with Gasteiger partial charge >= 0.3 is 0 Å². The lowest BCUT2D eigenvalue weighted by Gasteiger charge is -2.11. The summed E-state index contributed by atoms with van der Waals surface area (Å²) in [5, 5.41) is 4.04. The standard InChI is InChI=1S/C27H28FN3O/c1-30(2)15-3-16-31-17-14-23-19-21(6-13-26(23)31)18-20-4-7-22(8-5-20)27(32)29-25-11-9-24(28)10-12-25/h4-14,17,19H,3,15-16,18H2,1-2H3,(H,29,32). The Balaban J connectivity index is 1.39. The van der Waals surface area contributed by atoms with Gasteiger partial charge in [-0.1, -0.05) is 18.2 Å². The Bertz CT molecular complexity index is 1190. The molecule has 1 aromatic heterocycles. The van der Waals surface area contributed by atoms with Crippen molar-refractivity contribution in [1.82, 2.24) is 9.47 Å². The molecule has 1 N–H and O–H groups in total. The summed E-state index contributed by atoms with van der Waals surface area (Å²) >= 11 is 0. The Morgan fingerprint density at radius 1 is 0.938 bits per heavy atom. The van der Waals surface area contributed by atoms with E-state index in [1.54, 1.807) is 12.1 Å². The summed E-state index contributed by atoms with van der Waals surface area (Å²) in [6.45, 7) is 2.10. The lowest BCUT2D eigenvalue weighted by Crippen LogP contribution is -2.14. The quantitative estimate of drug-likeness (QED) is 0.397. The van der Waals surface area contributed by atoms with Crippen molar-refractivity contribution in [3.05, 3.63) is 102 Å². The summed E-state index contributed by atoms with van der Waals surface area (Å²) in [5.41, 5.74) is 4.80. The van der Waals surface area contributed by atoms with Crippen LogP contribution in [-0.4, -0.2) is 36.0 Å². The van der Waals surface area contributed by atoms with Crippen molar-refractivity contribution in [3.63, 3.8) is 0 Å². The second-order valence-electron chi connectivity index (χ2n) is 8.39. The Labute approximate surface area is 188 Å². The highest BCUT2D eigenvalue weighted by atomic mass is 19.1. The molecule has 0 aliphatic heterocycles. The molecule has 32 heavy (non-hydrogen) atoms. The molecule has 0 fully saturated rings. The average molecular weight is 430 g/mol. The molecule has 5 heteroatoms. The molecular formula is C27H28FN3O. The summed E-state index contributed by atoms with van der Waals surface area (Å²) in [5.74, 6) is -0.536. The summed E-state index contributed by atoms with van der Waals surface area (Å²) in [6.07, 6.45) is 4.10. The van der Waals surface area contributed by atoms with E-state index in [-0.39, 0.29) is 11.7 Å². The van der Waals surface area contributed by atoms with E-state index in [4.69, 9.17) is 0 Å². The van der Waals surface area contributed by atoms with Crippen molar-refractivity contribution in [2.24, 2.45) is 0 Å².